The van der Waals surface area contributed by atoms with E-state index in [1.165, 1.54) is 6.07 Å². The number of carbonyl (C=O) groups excluding carboxylic acids is 1. The maximum absolute atomic E-state index is 13.3. The summed E-state index contributed by atoms with van der Waals surface area (Å²) < 4.78 is 52.5. The minimum Gasteiger partial charge on any atom is -0.381 e. The highest BCUT2D eigenvalue weighted by molar-refractivity contribution is 6.30. The first kappa shape index (κ1) is 26.5. The number of nitrogens with zero attached hydrogens (tertiary/aromatic N) is 2. The van der Waals surface area contributed by atoms with Crippen LogP contribution in [0, 0.1) is 0 Å². The first-order chi connectivity index (χ1) is 16.2. The number of amides is 1. The molecule has 3 rings (SSSR count). The number of hydrogen-bond acceptors (Lipinski definition) is 5. The molecule has 2 aromatic rings. The Labute approximate surface area is 201 Å². The highest BCUT2D eigenvalue weighted by Gasteiger charge is 2.35. The van der Waals surface area contributed by atoms with Crippen LogP contribution >= 0.6 is 11.6 Å². The number of ether oxygens (including phenoxy) is 2. The van der Waals surface area contributed by atoms with Crippen LogP contribution in [0.5, 0.6) is 0 Å². The Morgan fingerprint density at radius 2 is 2.09 bits per heavy atom. The molecule has 0 spiro atoms. The lowest BCUT2D eigenvalue weighted by atomic mass is 10.1. The van der Waals surface area contributed by atoms with Crippen LogP contribution in [-0.4, -0.2) is 47.2 Å². The number of nitrogens with one attached hydrogen (secondary N) is 1. The van der Waals surface area contributed by atoms with Crippen molar-refractivity contribution < 1.29 is 32.5 Å². The lowest BCUT2D eigenvalue weighted by Gasteiger charge is -2.18. The summed E-state index contributed by atoms with van der Waals surface area (Å²) in [5, 5.41) is 17.6. The summed E-state index contributed by atoms with van der Waals surface area (Å²) in [6.45, 7) is 3.99. The van der Waals surface area contributed by atoms with Crippen molar-refractivity contribution in [1.82, 2.24) is 15.1 Å². The molecule has 1 amide bonds. The molecule has 188 valence electrons. The van der Waals surface area contributed by atoms with E-state index in [2.05, 4.69) is 10.4 Å². The maximum atomic E-state index is 13.3. The summed E-state index contributed by atoms with van der Waals surface area (Å²) in [4.78, 5) is 12.8. The molecule has 1 aromatic carbocycles. The molecule has 2 N–H and O–H groups in total. The Bertz CT molecular complexity index is 981. The molecule has 1 aliphatic rings. The molecule has 7 nitrogen and oxygen atoms in total. The van der Waals surface area contributed by atoms with Gasteiger partial charge in [0.05, 0.1) is 29.1 Å². The maximum Gasteiger partial charge on any atom is 0.416 e. The van der Waals surface area contributed by atoms with Gasteiger partial charge in [0, 0.05) is 36.9 Å². The van der Waals surface area contributed by atoms with Gasteiger partial charge in [-0.3, -0.25) is 9.48 Å². The van der Waals surface area contributed by atoms with Crippen molar-refractivity contribution in [1.29, 1.82) is 0 Å². The number of hydrogen-bond donors (Lipinski definition) is 2. The van der Waals surface area contributed by atoms with Crippen molar-refractivity contribution in [2.45, 2.75) is 58.0 Å². The van der Waals surface area contributed by atoms with Gasteiger partial charge in [-0.25, -0.2) is 0 Å². The third-order valence-electron chi connectivity index (χ3n) is 5.52. The Kier molecular flexibility index (Phi) is 9.35. The number of carbonyl (C=O) groups is 1. The zero-order valence-electron chi connectivity index (χ0n) is 19.0. The van der Waals surface area contributed by atoms with Crippen molar-refractivity contribution in [2.75, 3.05) is 26.4 Å². The fraction of sp³-hybridized carbons (Fsp3) is 0.565. The molecule has 0 saturated carbocycles. The summed E-state index contributed by atoms with van der Waals surface area (Å²) in [5.41, 5.74) is 0.655. The highest BCUT2D eigenvalue weighted by Crippen LogP contribution is 2.36. The van der Waals surface area contributed by atoms with Gasteiger partial charge in [-0.1, -0.05) is 24.6 Å². The number of halogens is 4. The van der Waals surface area contributed by atoms with E-state index in [1.807, 2.05) is 6.92 Å². The van der Waals surface area contributed by atoms with Crippen LogP contribution in [0.2, 0.25) is 5.02 Å². The van der Waals surface area contributed by atoms with Crippen molar-refractivity contribution in [3.8, 4) is 0 Å². The molecule has 0 aliphatic carbocycles. The van der Waals surface area contributed by atoms with Gasteiger partial charge in [0.15, 0.2) is 6.29 Å². The number of aliphatic hydroxyl groups is 1. The van der Waals surface area contributed by atoms with Crippen LogP contribution in [0.4, 0.5) is 13.2 Å². The molecule has 0 saturated heterocycles. The molecule has 0 bridgehead atoms. The average molecular weight is 504 g/mol. The normalized spacial score (nSPS) is 16.5. The Hall–Kier alpha value is -2.14. The molecule has 1 aromatic heterocycles. The number of aliphatic hydroxyl groups excluding tert-OH is 1. The van der Waals surface area contributed by atoms with Crippen molar-refractivity contribution in [3.63, 3.8) is 0 Å². The quantitative estimate of drug-likeness (QED) is 0.435. The Balaban J connectivity index is 1.68. The van der Waals surface area contributed by atoms with E-state index >= 15 is 0 Å². The molecular weight excluding hydrogens is 475 g/mol. The van der Waals surface area contributed by atoms with E-state index in [4.69, 9.17) is 21.1 Å². The zero-order chi connectivity index (χ0) is 24.7. The second kappa shape index (κ2) is 12.0. The minimum atomic E-state index is -4.67. The number of aromatic nitrogens is 2. The molecule has 1 aliphatic heterocycles. The predicted octanol–water partition coefficient (Wildman–Crippen LogP) is 4.30. The van der Waals surface area contributed by atoms with E-state index in [0.29, 0.717) is 56.8 Å². The molecule has 34 heavy (non-hydrogen) atoms. The molecule has 11 heteroatoms. The van der Waals surface area contributed by atoms with Gasteiger partial charge in [0.2, 0.25) is 0 Å². The predicted molar refractivity (Wildman–Crippen MR) is 120 cm³/mol. The van der Waals surface area contributed by atoms with E-state index in [9.17, 15) is 23.1 Å². The number of benzene rings is 1. The summed E-state index contributed by atoms with van der Waals surface area (Å²) in [6.07, 6.45) is -3.38. The molecule has 0 fully saturated rings. The monoisotopic (exact) mass is 503 g/mol. The Morgan fingerprint density at radius 3 is 2.82 bits per heavy atom. The SMILES string of the molecule is CCc1nn(CCCOC(O)c2ccc(Cl)cc2C(F)(F)F)c2c1C(=O)NCCCOCCC2. The fourth-order valence-electron chi connectivity index (χ4n) is 3.90. The largest absolute Gasteiger partial charge is 0.416 e. The van der Waals surface area contributed by atoms with Crippen LogP contribution in [0.25, 0.3) is 0 Å². The van der Waals surface area contributed by atoms with E-state index < -0.39 is 23.6 Å². The fourth-order valence-corrected chi connectivity index (χ4v) is 4.07. The van der Waals surface area contributed by atoms with Gasteiger partial charge >= 0.3 is 6.18 Å². The van der Waals surface area contributed by atoms with Gasteiger partial charge in [-0.05, 0) is 44.2 Å². The summed E-state index contributed by atoms with van der Waals surface area (Å²) in [7, 11) is 0. The van der Waals surface area contributed by atoms with Crippen LogP contribution in [0.3, 0.4) is 0 Å². The van der Waals surface area contributed by atoms with Gasteiger partial charge in [0.25, 0.3) is 5.91 Å². The van der Waals surface area contributed by atoms with Crippen molar-refractivity contribution in [3.05, 3.63) is 51.3 Å². The van der Waals surface area contributed by atoms with Crippen molar-refractivity contribution >= 4 is 17.5 Å². The van der Waals surface area contributed by atoms with Gasteiger partial charge in [0.1, 0.15) is 0 Å². The van der Waals surface area contributed by atoms with Crippen molar-refractivity contribution in [2.24, 2.45) is 0 Å². The summed E-state index contributed by atoms with van der Waals surface area (Å²) in [6, 6.07) is 3.14. The number of aryl methyl sites for hydroxylation is 2. The zero-order valence-corrected chi connectivity index (χ0v) is 19.7. The standard InChI is InChI=1S/C23H29ClF3N3O4/c1-2-18-20-19(6-3-11-33-12-4-9-28-21(20)31)30(29-18)10-5-13-34-22(32)16-8-7-15(24)14-17(16)23(25,26)27/h7-8,14,22,32H,2-6,9-13H2,1H3,(H,28,31). The lowest BCUT2D eigenvalue weighted by Crippen LogP contribution is -2.26. The van der Waals surface area contributed by atoms with Crippen LogP contribution in [0.15, 0.2) is 18.2 Å². The minimum absolute atomic E-state index is 0.00745. The smallest absolute Gasteiger partial charge is 0.381 e. The summed E-state index contributed by atoms with van der Waals surface area (Å²) in [5.74, 6) is -0.158. The van der Waals surface area contributed by atoms with Gasteiger partial charge < -0.3 is 19.9 Å². The second-order valence-corrected chi connectivity index (χ2v) is 8.41. The van der Waals surface area contributed by atoms with Crippen LogP contribution < -0.4 is 5.32 Å². The third-order valence-corrected chi connectivity index (χ3v) is 5.76. The Morgan fingerprint density at radius 1 is 1.32 bits per heavy atom. The topological polar surface area (TPSA) is 85.6 Å². The molecule has 0 radical (unpaired) electrons. The second-order valence-electron chi connectivity index (χ2n) is 7.98. The molecule has 1 unspecified atom stereocenters. The van der Waals surface area contributed by atoms with Gasteiger partial charge in [-0.15, -0.1) is 0 Å². The lowest BCUT2D eigenvalue weighted by molar-refractivity contribution is -0.147. The number of fused-ring (bicyclic) bond motifs is 1. The first-order valence-corrected chi connectivity index (χ1v) is 11.7. The average Bonchev–Trinajstić information content (AvgIpc) is 3.13. The molecular formula is C23H29ClF3N3O4. The van der Waals surface area contributed by atoms with Gasteiger partial charge in [-0.2, -0.15) is 18.3 Å². The van der Waals surface area contributed by atoms with Crippen LogP contribution in [-0.2, 0) is 35.0 Å². The third kappa shape index (κ3) is 6.71. The van der Waals surface area contributed by atoms with E-state index in [1.54, 1.807) is 4.68 Å². The molecule has 1 atom stereocenters. The van der Waals surface area contributed by atoms with E-state index in [0.717, 1.165) is 30.7 Å². The number of alkyl halides is 3. The number of rotatable bonds is 7. The first-order valence-electron chi connectivity index (χ1n) is 11.3. The van der Waals surface area contributed by atoms with E-state index in [-0.39, 0.29) is 17.5 Å². The van der Waals surface area contributed by atoms with Crippen LogP contribution in [0.1, 0.15) is 65.3 Å². The molecule has 2 heterocycles. The summed E-state index contributed by atoms with van der Waals surface area (Å²) >= 11 is 5.69. The highest BCUT2D eigenvalue weighted by atomic mass is 35.5.